The molecule has 0 spiro atoms. The van der Waals surface area contributed by atoms with E-state index in [0.717, 1.165) is 15.0 Å². The maximum absolute atomic E-state index is 15.0. The molecule has 4 nitrogen and oxygen atoms in total. The van der Waals surface area contributed by atoms with Gasteiger partial charge in [-0.3, -0.25) is 9.78 Å². The van der Waals surface area contributed by atoms with Gasteiger partial charge in [-0.25, -0.2) is 4.39 Å². The molecule has 0 saturated carbocycles. The molecule has 1 N–H and O–H groups in total. The largest absolute Gasteiger partial charge is 0.338 e. The molecule has 0 radical (unpaired) electrons. The number of likely N-dealkylation sites (tertiary alicyclic amines) is 1. The van der Waals surface area contributed by atoms with Gasteiger partial charge in [-0.1, -0.05) is 6.07 Å². The van der Waals surface area contributed by atoms with Crippen LogP contribution in [0.4, 0.5) is 4.39 Å². The van der Waals surface area contributed by atoms with Crippen LogP contribution in [0.2, 0.25) is 0 Å². The van der Waals surface area contributed by atoms with Gasteiger partial charge in [-0.15, -0.1) is 11.3 Å². The number of hydrogen-bond donors (Lipinski definition) is 1. The number of halogens is 2. The van der Waals surface area contributed by atoms with Gasteiger partial charge < -0.3 is 10.2 Å². The van der Waals surface area contributed by atoms with Crippen molar-refractivity contribution in [2.24, 2.45) is 0 Å². The second-order valence-corrected chi connectivity index (χ2v) is 8.94. The fourth-order valence-electron chi connectivity index (χ4n) is 2.89. The maximum Gasteiger partial charge on any atom is 0.263 e. The van der Waals surface area contributed by atoms with Gasteiger partial charge in [0.05, 0.1) is 14.4 Å². The number of hydrogen-bond acceptors (Lipinski definition) is 4. The average molecular weight is 426 g/mol. The Kier molecular flexibility index (Phi) is 5.86. The van der Waals surface area contributed by atoms with Crippen molar-refractivity contribution >= 4 is 33.2 Å². The number of aryl methyl sites for hydroxylation is 1. The van der Waals surface area contributed by atoms with Gasteiger partial charge in [-0.2, -0.15) is 0 Å². The lowest BCUT2D eigenvalue weighted by Gasteiger charge is -2.36. The normalized spacial score (nSPS) is 16.8. The SMILES string of the molecule is Cc1ccc(CNCC2(F)CCN(C(=O)c3ccc(Br)s3)CC2)nc1. The molecule has 1 saturated heterocycles. The first kappa shape index (κ1) is 18.5. The Balaban J connectivity index is 1.47. The highest BCUT2D eigenvalue weighted by Crippen LogP contribution is 2.29. The maximum atomic E-state index is 15.0. The van der Waals surface area contributed by atoms with Crippen LogP contribution >= 0.6 is 27.3 Å². The van der Waals surface area contributed by atoms with Gasteiger partial charge >= 0.3 is 0 Å². The van der Waals surface area contributed by atoms with Gasteiger partial charge in [0.2, 0.25) is 0 Å². The minimum Gasteiger partial charge on any atom is -0.338 e. The number of alkyl halides is 1. The molecular weight excluding hydrogens is 405 g/mol. The summed E-state index contributed by atoms with van der Waals surface area (Å²) in [6, 6.07) is 7.63. The summed E-state index contributed by atoms with van der Waals surface area (Å²) in [5.41, 5.74) is 0.753. The van der Waals surface area contributed by atoms with Crippen molar-refractivity contribution < 1.29 is 9.18 Å². The second-order valence-electron chi connectivity index (χ2n) is 6.48. The van der Waals surface area contributed by atoms with Gasteiger partial charge in [-0.05, 0) is 46.6 Å². The monoisotopic (exact) mass is 425 g/mol. The number of carbonyl (C=O) groups excluding carboxylic acids is 1. The van der Waals surface area contributed by atoms with Crippen LogP contribution in [0.15, 0.2) is 34.2 Å². The summed E-state index contributed by atoms with van der Waals surface area (Å²) in [5, 5.41) is 3.17. The third-order valence-corrected chi connectivity index (χ3v) is 6.06. The van der Waals surface area contributed by atoms with Crippen LogP contribution in [0, 0.1) is 6.92 Å². The number of piperidine rings is 1. The van der Waals surface area contributed by atoms with Gasteiger partial charge in [0, 0.05) is 45.2 Å². The predicted octanol–water partition coefficient (Wildman–Crippen LogP) is 3.95. The van der Waals surface area contributed by atoms with Gasteiger partial charge in [0.1, 0.15) is 5.67 Å². The fourth-order valence-corrected chi connectivity index (χ4v) is 4.24. The second kappa shape index (κ2) is 7.93. The van der Waals surface area contributed by atoms with Crippen LogP contribution in [0.25, 0.3) is 0 Å². The number of amides is 1. The van der Waals surface area contributed by atoms with E-state index in [1.165, 1.54) is 11.3 Å². The Morgan fingerprint density at radius 3 is 2.72 bits per heavy atom. The zero-order chi connectivity index (χ0) is 17.9. The highest BCUT2D eigenvalue weighted by Gasteiger charge is 2.36. The molecule has 2 aromatic rings. The predicted molar refractivity (Wildman–Crippen MR) is 102 cm³/mol. The molecule has 0 aliphatic carbocycles. The summed E-state index contributed by atoms with van der Waals surface area (Å²) in [6.45, 7) is 3.74. The molecule has 25 heavy (non-hydrogen) atoms. The van der Waals surface area contributed by atoms with Crippen molar-refractivity contribution in [2.75, 3.05) is 19.6 Å². The molecule has 3 heterocycles. The summed E-state index contributed by atoms with van der Waals surface area (Å²) in [5.74, 6) is -0.00503. The van der Waals surface area contributed by atoms with Crippen molar-refractivity contribution in [3.63, 3.8) is 0 Å². The molecule has 1 aliphatic rings. The minimum absolute atomic E-state index is 0.00503. The molecule has 1 amide bonds. The first-order valence-corrected chi connectivity index (χ1v) is 9.92. The van der Waals surface area contributed by atoms with Crippen LogP contribution in [-0.2, 0) is 6.54 Å². The molecule has 134 valence electrons. The van der Waals surface area contributed by atoms with E-state index in [-0.39, 0.29) is 12.5 Å². The lowest BCUT2D eigenvalue weighted by Crippen LogP contribution is -2.48. The molecule has 1 fully saturated rings. The van der Waals surface area contributed by atoms with Crippen molar-refractivity contribution in [1.29, 1.82) is 0 Å². The Morgan fingerprint density at radius 1 is 1.36 bits per heavy atom. The third kappa shape index (κ3) is 4.86. The van der Waals surface area contributed by atoms with Crippen LogP contribution in [0.5, 0.6) is 0 Å². The number of pyridine rings is 1. The Bertz CT molecular complexity index is 726. The summed E-state index contributed by atoms with van der Waals surface area (Å²) < 4.78 is 15.9. The molecule has 3 rings (SSSR count). The Hall–Kier alpha value is -1.31. The molecule has 0 unspecified atom stereocenters. The number of nitrogens with zero attached hydrogens (tertiary/aromatic N) is 2. The van der Waals surface area contributed by atoms with Gasteiger partial charge in [0.25, 0.3) is 5.91 Å². The van der Waals surface area contributed by atoms with Crippen LogP contribution in [0.3, 0.4) is 0 Å². The first-order valence-electron chi connectivity index (χ1n) is 8.31. The van der Waals surface area contributed by atoms with Crippen LogP contribution in [-0.4, -0.2) is 41.1 Å². The third-order valence-electron chi connectivity index (χ3n) is 4.45. The van der Waals surface area contributed by atoms with Gasteiger partial charge in [0.15, 0.2) is 0 Å². The van der Waals surface area contributed by atoms with E-state index in [4.69, 9.17) is 0 Å². The van der Waals surface area contributed by atoms with E-state index in [9.17, 15) is 9.18 Å². The van der Waals surface area contributed by atoms with E-state index < -0.39 is 5.67 Å². The lowest BCUT2D eigenvalue weighted by atomic mass is 9.93. The minimum atomic E-state index is -1.27. The van der Waals surface area contributed by atoms with Crippen LogP contribution in [0.1, 0.15) is 33.8 Å². The lowest BCUT2D eigenvalue weighted by molar-refractivity contribution is 0.0438. The standard InChI is InChI=1S/C18H21BrFN3OS/c1-13-2-3-14(22-10-13)11-21-12-18(20)6-8-23(9-7-18)17(24)15-4-5-16(19)25-15/h2-5,10,21H,6-9,11-12H2,1H3. The number of rotatable bonds is 5. The number of aromatic nitrogens is 1. The topological polar surface area (TPSA) is 45.2 Å². The van der Waals surface area contributed by atoms with Crippen molar-refractivity contribution in [3.05, 3.63) is 50.4 Å². The molecular formula is C18H21BrFN3OS. The number of nitrogens with one attached hydrogen (secondary N) is 1. The first-order chi connectivity index (χ1) is 12.0. The highest BCUT2D eigenvalue weighted by molar-refractivity contribution is 9.11. The molecule has 0 atom stereocenters. The van der Waals surface area contributed by atoms with E-state index in [1.54, 1.807) is 4.90 Å². The summed E-state index contributed by atoms with van der Waals surface area (Å²) >= 11 is 4.78. The van der Waals surface area contributed by atoms with Crippen LogP contribution < -0.4 is 5.32 Å². The summed E-state index contributed by atoms with van der Waals surface area (Å²) in [6.07, 6.45) is 2.54. The fraction of sp³-hybridized carbons (Fsp3) is 0.444. The molecule has 2 aromatic heterocycles. The van der Waals surface area contributed by atoms with Crippen molar-refractivity contribution in [2.45, 2.75) is 32.0 Å². The number of thiophene rings is 1. The Morgan fingerprint density at radius 2 is 2.12 bits per heavy atom. The van der Waals surface area contributed by atoms with Crippen molar-refractivity contribution in [1.82, 2.24) is 15.2 Å². The quantitative estimate of drug-likeness (QED) is 0.788. The molecule has 0 bridgehead atoms. The summed E-state index contributed by atoms with van der Waals surface area (Å²) in [7, 11) is 0. The van der Waals surface area contributed by atoms with E-state index >= 15 is 0 Å². The zero-order valence-electron chi connectivity index (χ0n) is 14.1. The highest BCUT2D eigenvalue weighted by atomic mass is 79.9. The molecule has 1 aliphatic heterocycles. The smallest absolute Gasteiger partial charge is 0.263 e. The van der Waals surface area contributed by atoms with E-state index in [2.05, 4.69) is 26.2 Å². The molecule has 7 heteroatoms. The summed E-state index contributed by atoms with van der Waals surface area (Å²) in [4.78, 5) is 19.2. The number of carbonyl (C=O) groups is 1. The Labute approximate surface area is 159 Å². The van der Waals surface area contributed by atoms with E-state index in [1.807, 2.05) is 37.4 Å². The van der Waals surface area contributed by atoms with E-state index in [0.29, 0.717) is 37.4 Å². The molecule has 0 aromatic carbocycles. The van der Waals surface area contributed by atoms with Crippen molar-refractivity contribution in [3.8, 4) is 0 Å². The zero-order valence-corrected chi connectivity index (χ0v) is 16.5. The average Bonchev–Trinajstić information content (AvgIpc) is 3.03.